The summed E-state index contributed by atoms with van der Waals surface area (Å²) >= 11 is 0. The van der Waals surface area contributed by atoms with Gasteiger partial charge in [0.15, 0.2) is 0 Å². The molecule has 0 radical (unpaired) electrons. The van der Waals surface area contributed by atoms with Gasteiger partial charge in [-0.25, -0.2) is 14.4 Å². The second-order valence-corrected chi connectivity index (χ2v) is 14.4. The normalized spacial score (nSPS) is 15.8. The highest BCUT2D eigenvalue weighted by molar-refractivity contribution is 5.93. The molecular formula is C45H49FN6O2. The van der Waals surface area contributed by atoms with Crippen LogP contribution >= 0.6 is 0 Å². The molecular weight excluding hydrogens is 676 g/mol. The molecule has 0 saturated carbocycles. The Kier molecular flexibility index (Phi) is 10.8. The first-order valence-corrected chi connectivity index (χ1v) is 19.5. The molecule has 0 aliphatic carbocycles. The van der Waals surface area contributed by atoms with Gasteiger partial charge in [-0.2, -0.15) is 0 Å². The van der Waals surface area contributed by atoms with E-state index < -0.39 is 0 Å². The summed E-state index contributed by atoms with van der Waals surface area (Å²) in [5.41, 5.74) is 6.19. The van der Waals surface area contributed by atoms with Crippen LogP contribution in [0.3, 0.4) is 0 Å². The van der Waals surface area contributed by atoms with Crippen LogP contribution < -0.4 is 25.0 Å². The van der Waals surface area contributed by atoms with Crippen molar-refractivity contribution in [1.82, 2.24) is 14.9 Å². The number of hydrogen-bond acceptors (Lipinski definition) is 8. The van der Waals surface area contributed by atoms with Crippen LogP contribution in [0.4, 0.5) is 21.7 Å². The molecule has 2 aromatic heterocycles. The van der Waals surface area contributed by atoms with Crippen molar-refractivity contribution < 1.29 is 13.9 Å². The number of likely N-dealkylation sites (tertiary alicyclic amines) is 1. The lowest BCUT2D eigenvalue weighted by atomic mass is 9.99. The molecule has 278 valence electrons. The van der Waals surface area contributed by atoms with Crippen LogP contribution in [-0.2, 0) is 6.54 Å². The first-order chi connectivity index (χ1) is 26.5. The van der Waals surface area contributed by atoms with Gasteiger partial charge in [-0.15, -0.1) is 0 Å². The van der Waals surface area contributed by atoms with Crippen LogP contribution in [0.2, 0.25) is 0 Å². The molecule has 6 aromatic rings. The van der Waals surface area contributed by atoms with Crippen LogP contribution in [-0.4, -0.2) is 66.3 Å². The van der Waals surface area contributed by atoms with E-state index in [4.69, 9.17) is 19.4 Å². The molecule has 2 aliphatic heterocycles. The topological polar surface area (TPSA) is 74.8 Å². The van der Waals surface area contributed by atoms with E-state index in [0.29, 0.717) is 25.3 Å². The Bertz CT molecular complexity index is 2170. The van der Waals surface area contributed by atoms with Gasteiger partial charge in [0.25, 0.3) is 0 Å². The quantitative estimate of drug-likeness (QED) is 0.129. The molecule has 2 N–H and O–H groups in total. The predicted octanol–water partition coefficient (Wildman–Crippen LogP) is 9.54. The number of rotatable bonds is 12. The van der Waals surface area contributed by atoms with Crippen molar-refractivity contribution in [2.75, 3.05) is 54.9 Å². The fourth-order valence-electron chi connectivity index (χ4n) is 7.99. The number of benzene rings is 4. The van der Waals surface area contributed by atoms with E-state index >= 15 is 0 Å². The SMILES string of the molecule is CCOc1cc(CN2CCC(Nc3cc(N4CCC(Nc5ccc6ccccc6n5)CC4)c4ccccc4n3)CC2)cc(OCC)c1-c1ccc(F)cc1. The molecule has 9 heteroatoms. The molecule has 0 atom stereocenters. The lowest BCUT2D eigenvalue weighted by Crippen LogP contribution is -2.40. The van der Waals surface area contributed by atoms with Gasteiger partial charge in [0, 0.05) is 67.3 Å². The second-order valence-electron chi connectivity index (χ2n) is 14.4. The summed E-state index contributed by atoms with van der Waals surface area (Å²) in [7, 11) is 0. The third kappa shape index (κ3) is 8.06. The summed E-state index contributed by atoms with van der Waals surface area (Å²) in [4.78, 5) is 15.0. The molecule has 8 rings (SSSR count). The minimum absolute atomic E-state index is 0.263. The molecule has 0 unspecified atom stereocenters. The van der Waals surface area contributed by atoms with Crippen LogP contribution in [0.15, 0.2) is 103 Å². The Morgan fingerprint density at radius 1 is 0.667 bits per heavy atom. The van der Waals surface area contributed by atoms with E-state index in [1.807, 2.05) is 19.9 Å². The van der Waals surface area contributed by atoms with Gasteiger partial charge < -0.3 is 25.0 Å². The Labute approximate surface area is 317 Å². The molecule has 2 fully saturated rings. The van der Waals surface area contributed by atoms with E-state index in [1.54, 1.807) is 12.1 Å². The van der Waals surface area contributed by atoms with Crippen molar-refractivity contribution in [3.63, 3.8) is 0 Å². The number of hydrogen-bond donors (Lipinski definition) is 2. The predicted molar refractivity (Wildman–Crippen MR) is 218 cm³/mol. The van der Waals surface area contributed by atoms with Crippen molar-refractivity contribution in [2.45, 2.75) is 58.2 Å². The summed E-state index contributed by atoms with van der Waals surface area (Å²) in [6.45, 7) is 9.72. The van der Waals surface area contributed by atoms with E-state index in [-0.39, 0.29) is 5.82 Å². The average Bonchev–Trinajstić information content (AvgIpc) is 3.19. The molecule has 4 aromatic carbocycles. The Morgan fingerprint density at radius 3 is 1.98 bits per heavy atom. The van der Waals surface area contributed by atoms with Crippen LogP contribution in [0, 0.1) is 5.82 Å². The van der Waals surface area contributed by atoms with Crippen molar-refractivity contribution in [3.05, 3.63) is 115 Å². The standard InChI is InChI=1S/C45H49FN6O2/c1-3-53-41-27-31(28-42(54-4-2)45(41)33-13-16-34(46)17-14-33)30-51-23-19-35(20-24-51)48-44-29-40(37-10-6-8-12-39(37)50-44)52-25-21-36(22-26-52)47-43-18-15-32-9-5-7-11-38(32)49-43/h5-18,27-29,35-36H,3-4,19-26,30H2,1-2H3,(H,47,49)(H,48,50). The van der Waals surface area contributed by atoms with Crippen molar-refractivity contribution in [3.8, 4) is 22.6 Å². The first-order valence-electron chi connectivity index (χ1n) is 19.5. The maximum atomic E-state index is 13.8. The van der Waals surface area contributed by atoms with Gasteiger partial charge in [-0.05, 0) is 99.2 Å². The molecule has 0 bridgehead atoms. The van der Waals surface area contributed by atoms with Gasteiger partial charge >= 0.3 is 0 Å². The summed E-state index contributed by atoms with van der Waals surface area (Å²) in [5, 5.41) is 9.89. The smallest absolute Gasteiger partial charge is 0.131 e. The number of nitrogens with zero attached hydrogens (tertiary/aromatic N) is 4. The second kappa shape index (κ2) is 16.3. The monoisotopic (exact) mass is 724 g/mol. The number of nitrogens with one attached hydrogen (secondary N) is 2. The van der Waals surface area contributed by atoms with Gasteiger partial charge in [-0.1, -0.05) is 48.5 Å². The highest BCUT2D eigenvalue weighted by atomic mass is 19.1. The fourth-order valence-corrected chi connectivity index (χ4v) is 7.99. The molecule has 8 nitrogen and oxygen atoms in total. The fraction of sp³-hybridized carbons (Fsp3) is 0.333. The number of ether oxygens (including phenoxy) is 2. The Balaban J connectivity index is 0.913. The minimum atomic E-state index is -0.263. The summed E-state index contributed by atoms with van der Waals surface area (Å²) < 4.78 is 26.0. The number of halogens is 1. The van der Waals surface area contributed by atoms with Gasteiger partial charge in [0.1, 0.15) is 29.0 Å². The number of anilines is 3. The molecule has 2 saturated heterocycles. The number of aromatic nitrogens is 2. The summed E-state index contributed by atoms with van der Waals surface area (Å²) in [6.07, 6.45) is 4.13. The van der Waals surface area contributed by atoms with E-state index in [1.165, 1.54) is 23.2 Å². The molecule has 2 aliphatic rings. The largest absolute Gasteiger partial charge is 0.493 e. The molecule has 0 spiro atoms. The van der Waals surface area contributed by atoms with Crippen LogP contribution in [0.5, 0.6) is 11.5 Å². The highest BCUT2D eigenvalue weighted by Gasteiger charge is 2.25. The van der Waals surface area contributed by atoms with Gasteiger partial charge in [0.2, 0.25) is 0 Å². The van der Waals surface area contributed by atoms with Crippen molar-refractivity contribution in [2.24, 2.45) is 0 Å². The number of pyridine rings is 2. The maximum absolute atomic E-state index is 13.8. The minimum Gasteiger partial charge on any atom is -0.493 e. The van der Waals surface area contributed by atoms with E-state index in [2.05, 4.69) is 93.2 Å². The van der Waals surface area contributed by atoms with Crippen LogP contribution in [0.1, 0.15) is 45.1 Å². The zero-order chi connectivity index (χ0) is 36.9. The van der Waals surface area contributed by atoms with Gasteiger partial charge in [0.05, 0.1) is 29.8 Å². The lowest BCUT2D eigenvalue weighted by molar-refractivity contribution is 0.210. The number of para-hydroxylation sites is 2. The first kappa shape index (κ1) is 35.6. The third-order valence-electron chi connectivity index (χ3n) is 10.7. The Morgan fingerprint density at radius 2 is 1.28 bits per heavy atom. The number of piperidine rings is 2. The summed E-state index contributed by atoms with van der Waals surface area (Å²) in [5.74, 6) is 3.16. The van der Waals surface area contributed by atoms with Crippen molar-refractivity contribution in [1.29, 1.82) is 0 Å². The van der Waals surface area contributed by atoms with E-state index in [9.17, 15) is 4.39 Å². The van der Waals surface area contributed by atoms with Crippen LogP contribution in [0.25, 0.3) is 32.9 Å². The molecule has 4 heterocycles. The number of fused-ring (bicyclic) bond motifs is 2. The molecule has 54 heavy (non-hydrogen) atoms. The zero-order valence-corrected chi connectivity index (χ0v) is 31.2. The lowest BCUT2D eigenvalue weighted by Gasteiger charge is -2.35. The van der Waals surface area contributed by atoms with Gasteiger partial charge in [-0.3, -0.25) is 4.90 Å². The average molecular weight is 725 g/mol. The molecule has 0 amide bonds. The highest BCUT2D eigenvalue weighted by Crippen LogP contribution is 2.41. The Hall–Kier alpha value is -5.41. The van der Waals surface area contributed by atoms with Crippen molar-refractivity contribution >= 4 is 39.1 Å². The van der Waals surface area contributed by atoms with E-state index in [0.717, 1.165) is 115 Å². The zero-order valence-electron chi connectivity index (χ0n) is 31.2. The maximum Gasteiger partial charge on any atom is 0.131 e. The summed E-state index contributed by atoms with van der Waals surface area (Å²) in [6, 6.07) is 34.8. The third-order valence-corrected chi connectivity index (χ3v) is 10.7.